The Balaban J connectivity index is 2.03. The van der Waals surface area contributed by atoms with Crippen LogP contribution >= 0.6 is 0 Å². The number of nitrogens with zero attached hydrogens (tertiary/aromatic N) is 2. The predicted molar refractivity (Wildman–Crippen MR) is 79.0 cm³/mol. The summed E-state index contributed by atoms with van der Waals surface area (Å²) >= 11 is 0. The van der Waals surface area contributed by atoms with E-state index in [0.717, 1.165) is 24.3 Å². The van der Waals surface area contributed by atoms with Gasteiger partial charge in [-0.1, -0.05) is 24.3 Å². The topological polar surface area (TPSA) is 53.0 Å². The van der Waals surface area contributed by atoms with Gasteiger partial charge in [0.05, 0.1) is 11.3 Å². The number of nitrogen functional groups attached to an aromatic ring is 1. The van der Waals surface area contributed by atoms with Crippen LogP contribution in [0.15, 0.2) is 48.5 Å². The molecular weight excluding hydrogens is 234 g/mol. The van der Waals surface area contributed by atoms with Crippen molar-refractivity contribution in [1.29, 1.82) is 5.26 Å². The molecule has 2 aromatic carbocycles. The minimum absolute atomic E-state index is 0.710. The normalized spacial score (nSPS) is 9.89. The third-order valence-corrected chi connectivity index (χ3v) is 3.15. The van der Waals surface area contributed by atoms with Gasteiger partial charge in [0.2, 0.25) is 0 Å². The van der Waals surface area contributed by atoms with E-state index >= 15 is 0 Å². The summed E-state index contributed by atoms with van der Waals surface area (Å²) in [4.78, 5) is 2.11. The van der Waals surface area contributed by atoms with Gasteiger partial charge in [0.15, 0.2) is 0 Å². The largest absolute Gasteiger partial charge is 0.399 e. The molecule has 0 spiro atoms. The molecule has 2 N–H and O–H groups in total. The van der Waals surface area contributed by atoms with Gasteiger partial charge in [-0.15, -0.1) is 0 Å². The van der Waals surface area contributed by atoms with Crippen LogP contribution in [0.5, 0.6) is 0 Å². The first kappa shape index (κ1) is 13.0. The minimum Gasteiger partial charge on any atom is -0.399 e. The number of rotatable bonds is 4. The Morgan fingerprint density at radius 3 is 2.47 bits per heavy atom. The van der Waals surface area contributed by atoms with Gasteiger partial charge in [0.1, 0.15) is 6.07 Å². The lowest BCUT2D eigenvalue weighted by atomic mass is 10.1. The molecular formula is C16H17N3. The van der Waals surface area contributed by atoms with E-state index in [9.17, 15) is 0 Å². The van der Waals surface area contributed by atoms with Gasteiger partial charge in [-0.05, 0) is 36.2 Å². The first-order chi connectivity index (χ1) is 9.20. The summed E-state index contributed by atoms with van der Waals surface area (Å²) in [6, 6.07) is 17.8. The fourth-order valence-electron chi connectivity index (χ4n) is 2.00. The second-order valence-electron chi connectivity index (χ2n) is 4.54. The van der Waals surface area contributed by atoms with Crippen LogP contribution in [-0.4, -0.2) is 13.6 Å². The third kappa shape index (κ3) is 3.26. The van der Waals surface area contributed by atoms with E-state index in [4.69, 9.17) is 11.0 Å². The molecule has 0 aliphatic rings. The molecule has 0 atom stereocenters. The molecule has 2 rings (SSSR count). The highest BCUT2D eigenvalue weighted by Gasteiger charge is 2.06. The van der Waals surface area contributed by atoms with Gasteiger partial charge in [-0.25, -0.2) is 0 Å². The monoisotopic (exact) mass is 251 g/mol. The van der Waals surface area contributed by atoms with Crippen molar-refractivity contribution in [2.24, 2.45) is 0 Å². The Hall–Kier alpha value is -2.47. The first-order valence-electron chi connectivity index (χ1n) is 6.25. The van der Waals surface area contributed by atoms with E-state index in [2.05, 4.69) is 11.0 Å². The molecule has 0 fully saturated rings. The number of para-hydroxylation sites is 1. The van der Waals surface area contributed by atoms with Gasteiger partial charge in [-0.3, -0.25) is 0 Å². The molecule has 0 heterocycles. The summed E-state index contributed by atoms with van der Waals surface area (Å²) in [6.45, 7) is 0.864. The Labute approximate surface area is 113 Å². The molecule has 3 nitrogen and oxygen atoms in total. The molecule has 2 aromatic rings. The van der Waals surface area contributed by atoms with Crippen molar-refractivity contribution < 1.29 is 0 Å². The lowest BCUT2D eigenvalue weighted by Gasteiger charge is -2.20. The van der Waals surface area contributed by atoms with Crippen molar-refractivity contribution in [1.82, 2.24) is 0 Å². The second kappa shape index (κ2) is 5.92. The Bertz CT molecular complexity index is 582. The molecule has 3 heteroatoms. The zero-order chi connectivity index (χ0) is 13.7. The molecule has 0 bridgehead atoms. The number of anilines is 2. The Morgan fingerprint density at radius 2 is 1.79 bits per heavy atom. The van der Waals surface area contributed by atoms with Gasteiger partial charge < -0.3 is 10.6 Å². The molecule has 19 heavy (non-hydrogen) atoms. The van der Waals surface area contributed by atoms with Crippen molar-refractivity contribution >= 4 is 11.4 Å². The van der Waals surface area contributed by atoms with E-state index < -0.39 is 0 Å². The van der Waals surface area contributed by atoms with Crippen molar-refractivity contribution in [2.45, 2.75) is 6.42 Å². The lowest BCUT2D eigenvalue weighted by molar-refractivity contribution is 0.875. The predicted octanol–water partition coefficient (Wildman–Crippen LogP) is 2.82. The number of nitrogens with two attached hydrogens (primary N) is 1. The third-order valence-electron chi connectivity index (χ3n) is 3.15. The van der Waals surface area contributed by atoms with E-state index in [0.29, 0.717) is 5.56 Å². The van der Waals surface area contributed by atoms with E-state index in [1.807, 2.05) is 55.6 Å². The van der Waals surface area contributed by atoms with Gasteiger partial charge in [0.25, 0.3) is 0 Å². The van der Waals surface area contributed by atoms with E-state index in [-0.39, 0.29) is 0 Å². The fraction of sp³-hybridized carbons (Fsp3) is 0.188. The number of benzene rings is 2. The zero-order valence-electron chi connectivity index (χ0n) is 11.0. The van der Waals surface area contributed by atoms with Crippen LogP contribution in [0, 0.1) is 11.3 Å². The number of hydrogen-bond donors (Lipinski definition) is 1. The van der Waals surface area contributed by atoms with Crippen LogP contribution < -0.4 is 10.6 Å². The Kier molecular flexibility index (Phi) is 4.04. The van der Waals surface area contributed by atoms with E-state index in [1.54, 1.807) is 0 Å². The smallest absolute Gasteiger partial charge is 0.101 e. The summed E-state index contributed by atoms with van der Waals surface area (Å²) in [6.07, 6.45) is 0.927. The Morgan fingerprint density at radius 1 is 1.11 bits per heavy atom. The second-order valence-corrected chi connectivity index (χ2v) is 4.54. The highest BCUT2D eigenvalue weighted by molar-refractivity contribution is 5.58. The number of likely N-dealkylation sites (N-methyl/N-ethyl adjacent to an activating group) is 1. The van der Waals surface area contributed by atoms with Gasteiger partial charge in [-0.2, -0.15) is 5.26 Å². The van der Waals surface area contributed by atoms with Crippen LogP contribution in [-0.2, 0) is 6.42 Å². The maximum atomic E-state index is 9.09. The maximum absolute atomic E-state index is 9.09. The molecule has 0 saturated heterocycles. The van der Waals surface area contributed by atoms with Crippen LogP contribution in [0.3, 0.4) is 0 Å². The summed E-state index contributed by atoms with van der Waals surface area (Å²) in [5, 5.41) is 9.09. The average Bonchev–Trinajstić information content (AvgIpc) is 2.46. The van der Waals surface area contributed by atoms with Gasteiger partial charge >= 0.3 is 0 Å². The molecule has 0 aliphatic carbocycles. The number of hydrogen-bond acceptors (Lipinski definition) is 3. The van der Waals surface area contributed by atoms with Crippen LogP contribution in [0.1, 0.15) is 11.1 Å². The summed E-state index contributed by atoms with van der Waals surface area (Å²) in [7, 11) is 2.01. The van der Waals surface area contributed by atoms with Crippen molar-refractivity contribution in [3.05, 3.63) is 59.7 Å². The minimum atomic E-state index is 0.710. The molecule has 0 amide bonds. The van der Waals surface area contributed by atoms with Crippen LogP contribution in [0.2, 0.25) is 0 Å². The maximum Gasteiger partial charge on any atom is 0.101 e. The fourth-order valence-corrected chi connectivity index (χ4v) is 2.00. The average molecular weight is 251 g/mol. The van der Waals surface area contributed by atoms with Crippen LogP contribution in [0.25, 0.3) is 0 Å². The van der Waals surface area contributed by atoms with E-state index in [1.165, 1.54) is 5.56 Å². The molecule has 0 aromatic heterocycles. The van der Waals surface area contributed by atoms with Crippen molar-refractivity contribution in [2.75, 3.05) is 24.2 Å². The number of nitriles is 1. The standard InChI is InChI=1S/C16H17N3/c1-19(16-5-3-2-4-14(16)12-17)11-10-13-6-8-15(18)9-7-13/h2-9H,10-11,18H2,1H3. The molecule has 96 valence electrons. The van der Waals surface area contributed by atoms with Gasteiger partial charge in [0, 0.05) is 19.3 Å². The van der Waals surface area contributed by atoms with Crippen molar-refractivity contribution in [3.8, 4) is 6.07 Å². The molecule has 0 radical (unpaired) electrons. The lowest BCUT2D eigenvalue weighted by Crippen LogP contribution is -2.21. The molecule has 0 unspecified atom stereocenters. The summed E-state index contributed by atoms with van der Waals surface area (Å²) in [5.41, 5.74) is 9.38. The van der Waals surface area contributed by atoms with Crippen LogP contribution in [0.4, 0.5) is 11.4 Å². The molecule has 0 aliphatic heterocycles. The summed E-state index contributed by atoms with van der Waals surface area (Å²) in [5.74, 6) is 0. The van der Waals surface area contributed by atoms with Crippen molar-refractivity contribution in [3.63, 3.8) is 0 Å². The highest BCUT2D eigenvalue weighted by atomic mass is 15.1. The summed E-state index contributed by atoms with van der Waals surface area (Å²) < 4.78 is 0. The highest BCUT2D eigenvalue weighted by Crippen LogP contribution is 2.18. The first-order valence-corrected chi connectivity index (χ1v) is 6.25. The quantitative estimate of drug-likeness (QED) is 0.850. The SMILES string of the molecule is CN(CCc1ccc(N)cc1)c1ccccc1C#N. The molecule has 0 saturated carbocycles. The zero-order valence-corrected chi connectivity index (χ0v) is 11.0.